The molecule has 20 heavy (non-hydrogen) atoms. The van der Waals surface area contributed by atoms with Gasteiger partial charge in [-0.3, -0.25) is 0 Å². The number of hydrogen-bond donors (Lipinski definition) is 0. The zero-order valence-corrected chi connectivity index (χ0v) is 14.8. The van der Waals surface area contributed by atoms with Gasteiger partial charge in [0.15, 0.2) is 0 Å². The number of unbranched alkanes of at least 4 members (excludes halogenated alkanes) is 2. The van der Waals surface area contributed by atoms with E-state index < -0.39 is 0 Å². The second kappa shape index (κ2) is 13.5. The van der Waals surface area contributed by atoms with Crippen LogP contribution >= 0.6 is 0 Å². The fourth-order valence-corrected chi connectivity index (χ4v) is 3.10. The fourth-order valence-electron chi connectivity index (χ4n) is 3.10. The van der Waals surface area contributed by atoms with Gasteiger partial charge in [0, 0.05) is 0 Å². The first-order chi connectivity index (χ1) is 9.69. The lowest BCUT2D eigenvalue weighted by atomic mass is 9.83. The van der Waals surface area contributed by atoms with Gasteiger partial charge in [-0.05, 0) is 38.0 Å². The minimum absolute atomic E-state index is 0.921. The smallest absolute Gasteiger partial charge is 0.0311 e. The van der Waals surface area contributed by atoms with E-state index >= 15 is 0 Å². The van der Waals surface area contributed by atoms with Gasteiger partial charge in [-0.25, -0.2) is 0 Å². The van der Waals surface area contributed by atoms with E-state index in [0.717, 1.165) is 18.3 Å². The molecule has 0 bridgehead atoms. The molecule has 0 aliphatic carbocycles. The third-order valence-electron chi connectivity index (χ3n) is 4.51. The van der Waals surface area contributed by atoms with Gasteiger partial charge in [0.2, 0.25) is 0 Å². The van der Waals surface area contributed by atoms with Crippen LogP contribution in [0.2, 0.25) is 0 Å². The molecule has 0 heterocycles. The fraction of sp³-hybridized carbons (Fsp3) is 0.800. The molecule has 118 valence electrons. The summed E-state index contributed by atoms with van der Waals surface area (Å²) in [6, 6.07) is 0. The van der Waals surface area contributed by atoms with Crippen molar-refractivity contribution in [3.05, 3.63) is 23.8 Å². The van der Waals surface area contributed by atoms with Crippen LogP contribution in [-0.4, -0.2) is 0 Å². The van der Waals surface area contributed by atoms with Gasteiger partial charge in [0.1, 0.15) is 0 Å². The van der Waals surface area contributed by atoms with E-state index in [-0.39, 0.29) is 0 Å². The molecule has 0 amide bonds. The van der Waals surface area contributed by atoms with Gasteiger partial charge in [-0.15, -0.1) is 0 Å². The van der Waals surface area contributed by atoms with Crippen LogP contribution in [-0.2, 0) is 0 Å². The van der Waals surface area contributed by atoms with Crippen LogP contribution in [0.4, 0.5) is 0 Å². The Kier molecular flexibility index (Phi) is 13.1. The maximum Gasteiger partial charge on any atom is -0.0311 e. The quantitative estimate of drug-likeness (QED) is 0.259. The largest absolute Gasteiger partial charge is 0.0845 e. The van der Waals surface area contributed by atoms with Crippen molar-refractivity contribution >= 4 is 0 Å². The van der Waals surface area contributed by atoms with Crippen LogP contribution in [0, 0.1) is 11.8 Å². The van der Waals surface area contributed by atoms with Crippen molar-refractivity contribution < 1.29 is 0 Å². The number of hydrogen-bond acceptors (Lipinski definition) is 0. The molecular weight excluding hydrogens is 240 g/mol. The minimum Gasteiger partial charge on any atom is -0.0845 e. The van der Waals surface area contributed by atoms with Crippen LogP contribution in [0.3, 0.4) is 0 Å². The maximum atomic E-state index is 2.46. The molecule has 0 aromatic carbocycles. The van der Waals surface area contributed by atoms with Crippen LogP contribution in [0.15, 0.2) is 23.8 Å². The van der Waals surface area contributed by atoms with E-state index in [1.807, 2.05) is 0 Å². The summed E-state index contributed by atoms with van der Waals surface area (Å²) in [6.07, 6.45) is 19.0. The molecule has 2 atom stereocenters. The van der Waals surface area contributed by atoms with Gasteiger partial charge < -0.3 is 0 Å². The van der Waals surface area contributed by atoms with E-state index in [1.165, 1.54) is 56.9 Å². The first-order valence-electron chi connectivity index (χ1n) is 9.01. The van der Waals surface area contributed by atoms with Crippen LogP contribution < -0.4 is 0 Å². The third kappa shape index (κ3) is 9.39. The minimum atomic E-state index is 0.921. The van der Waals surface area contributed by atoms with E-state index in [9.17, 15) is 0 Å². The molecule has 0 aromatic heterocycles. The summed E-state index contributed by atoms with van der Waals surface area (Å²) >= 11 is 0. The molecule has 0 saturated carbocycles. The standard InChI is InChI=1S/C20H38/c1-6-14-18(5)20(15-7-2)17-13-11-10-12-16-19(8-3)9-4/h8,12,16,18,20H,6-7,9-11,13-15,17H2,1-5H3. The summed E-state index contributed by atoms with van der Waals surface area (Å²) in [5.74, 6) is 1.89. The zero-order valence-electron chi connectivity index (χ0n) is 14.8. The van der Waals surface area contributed by atoms with Crippen molar-refractivity contribution in [1.82, 2.24) is 0 Å². The van der Waals surface area contributed by atoms with Crippen molar-refractivity contribution in [2.24, 2.45) is 11.8 Å². The summed E-state index contributed by atoms with van der Waals surface area (Å²) < 4.78 is 0. The van der Waals surface area contributed by atoms with E-state index in [4.69, 9.17) is 0 Å². The maximum absolute atomic E-state index is 2.46. The van der Waals surface area contributed by atoms with Gasteiger partial charge in [-0.2, -0.15) is 0 Å². The topological polar surface area (TPSA) is 0 Å². The van der Waals surface area contributed by atoms with Crippen molar-refractivity contribution in [2.75, 3.05) is 0 Å². The van der Waals surface area contributed by atoms with Crippen molar-refractivity contribution in [2.45, 2.75) is 92.4 Å². The normalized spacial score (nSPS) is 15.8. The van der Waals surface area contributed by atoms with Crippen molar-refractivity contribution in [3.8, 4) is 0 Å². The predicted octanol–water partition coefficient (Wildman–Crippen LogP) is 7.31. The molecule has 0 radical (unpaired) electrons. The number of allylic oxidation sites excluding steroid dienone is 4. The Bertz CT molecular complexity index is 259. The second-order valence-electron chi connectivity index (χ2n) is 6.22. The first-order valence-corrected chi connectivity index (χ1v) is 9.01. The SMILES string of the molecule is CC=C(C=CCCCCC(CCC)C(C)CCC)CC. The van der Waals surface area contributed by atoms with Gasteiger partial charge in [0.25, 0.3) is 0 Å². The lowest BCUT2D eigenvalue weighted by Gasteiger charge is -2.23. The highest BCUT2D eigenvalue weighted by molar-refractivity contribution is 5.16. The highest BCUT2D eigenvalue weighted by atomic mass is 14.2. The van der Waals surface area contributed by atoms with Crippen LogP contribution in [0.5, 0.6) is 0 Å². The highest BCUT2D eigenvalue weighted by Crippen LogP contribution is 2.27. The van der Waals surface area contributed by atoms with Crippen molar-refractivity contribution in [3.63, 3.8) is 0 Å². The molecule has 0 fully saturated rings. The molecular formula is C20H38. The van der Waals surface area contributed by atoms with E-state index in [0.29, 0.717) is 0 Å². The zero-order chi connectivity index (χ0) is 15.2. The average Bonchev–Trinajstić information content (AvgIpc) is 2.45. The lowest BCUT2D eigenvalue weighted by molar-refractivity contribution is 0.287. The summed E-state index contributed by atoms with van der Waals surface area (Å²) in [4.78, 5) is 0. The molecule has 0 nitrogen and oxygen atoms in total. The molecule has 2 unspecified atom stereocenters. The van der Waals surface area contributed by atoms with Crippen molar-refractivity contribution in [1.29, 1.82) is 0 Å². The van der Waals surface area contributed by atoms with Crippen LogP contribution in [0.25, 0.3) is 0 Å². The molecule has 0 saturated heterocycles. The Balaban J connectivity index is 3.89. The first kappa shape index (κ1) is 19.5. The summed E-state index contributed by atoms with van der Waals surface area (Å²) in [5, 5.41) is 0. The molecule has 0 aliphatic rings. The lowest BCUT2D eigenvalue weighted by Crippen LogP contribution is -2.11. The number of rotatable bonds is 12. The Labute approximate surface area is 128 Å². The molecule has 0 N–H and O–H groups in total. The average molecular weight is 279 g/mol. The molecule has 0 aromatic rings. The highest BCUT2D eigenvalue weighted by Gasteiger charge is 2.14. The monoisotopic (exact) mass is 278 g/mol. The molecule has 0 aliphatic heterocycles. The van der Waals surface area contributed by atoms with Crippen LogP contribution in [0.1, 0.15) is 92.4 Å². The van der Waals surface area contributed by atoms with E-state index in [2.05, 4.69) is 52.8 Å². The third-order valence-corrected chi connectivity index (χ3v) is 4.51. The van der Waals surface area contributed by atoms with Gasteiger partial charge in [0.05, 0.1) is 0 Å². The molecule has 0 spiro atoms. The Morgan fingerprint density at radius 2 is 1.65 bits per heavy atom. The Morgan fingerprint density at radius 1 is 0.950 bits per heavy atom. The molecule has 0 rings (SSSR count). The Hall–Kier alpha value is -0.520. The van der Waals surface area contributed by atoms with Gasteiger partial charge in [-0.1, -0.05) is 90.0 Å². The second-order valence-corrected chi connectivity index (χ2v) is 6.22. The summed E-state index contributed by atoms with van der Waals surface area (Å²) in [7, 11) is 0. The molecule has 0 heteroatoms. The van der Waals surface area contributed by atoms with Gasteiger partial charge >= 0.3 is 0 Å². The summed E-state index contributed by atoms with van der Waals surface area (Å²) in [6.45, 7) is 11.5. The van der Waals surface area contributed by atoms with E-state index in [1.54, 1.807) is 0 Å². The predicted molar refractivity (Wildman–Crippen MR) is 94.1 cm³/mol. The Morgan fingerprint density at radius 3 is 2.20 bits per heavy atom. The summed E-state index contributed by atoms with van der Waals surface area (Å²) in [5.41, 5.74) is 1.46.